The minimum absolute atomic E-state index is 0.538. The first-order valence-corrected chi connectivity index (χ1v) is 7.01. The predicted octanol–water partition coefficient (Wildman–Crippen LogP) is 3.24. The summed E-state index contributed by atoms with van der Waals surface area (Å²) in [5, 5.41) is 11.9. The molecule has 0 aliphatic heterocycles. The van der Waals surface area contributed by atoms with E-state index in [0.717, 1.165) is 5.56 Å². The van der Waals surface area contributed by atoms with Gasteiger partial charge in [0.05, 0.1) is 17.5 Å². The Morgan fingerprint density at radius 1 is 1.30 bits per heavy atom. The van der Waals surface area contributed by atoms with Crippen LogP contribution in [0.5, 0.6) is 0 Å². The Morgan fingerprint density at radius 2 is 1.85 bits per heavy atom. The largest absolute Gasteiger partial charge is 0.444 e. The third-order valence-corrected chi connectivity index (χ3v) is 3.16. The second-order valence-electron chi connectivity index (χ2n) is 5.73. The van der Waals surface area contributed by atoms with Gasteiger partial charge in [0.15, 0.2) is 0 Å². The summed E-state index contributed by atoms with van der Waals surface area (Å²) in [5.41, 5.74) is 0.234. The number of alkyl carbamates (subject to hydrolysis) is 1. The molecular formula is C15H22ClNO3. The van der Waals surface area contributed by atoms with E-state index in [0.29, 0.717) is 0 Å². The van der Waals surface area contributed by atoms with Gasteiger partial charge < -0.3 is 15.2 Å². The van der Waals surface area contributed by atoms with Crippen LogP contribution in [0.3, 0.4) is 0 Å². The highest BCUT2D eigenvalue weighted by Gasteiger charge is 2.29. The molecule has 1 aromatic rings. The lowest BCUT2D eigenvalue weighted by atomic mass is 10.0. The molecule has 0 saturated heterocycles. The zero-order valence-corrected chi connectivity index (χ0v) is 13.0. The van der Waals surface area contributed by atoms with E-state index in [9.17, 15) is 9.90 Å². The van der Waals surface area contributed by atoms with Gasteiger partial charge in [-0.3, -0.25) is 0 Å². The van der Waals surface area contributed by atoms with Crippen LogP contribution < -0.4 is 5.32 Å². The van der Waals surface area contributed by atoms with Crippen LogP contribution in [0.15, 0.2) is 30.3 Å². The molecule has 0 heterocycles. The highest BCUT2D eigenvalue weighted by molar-refractivity contribution is 6.21. The van der Waals surface area contributed by atoms with Crippen molar-refractivity contribution >= 4 is 17.7 Å². The third kappa shape index (κ3) is 5.39. The average Bonchev–Trinajstić information content (AvgIpc) is 2.34. The van der Waals surface area contributed by atoms with Gasteiger partial charge in [0.1, 0.15) is 5.60 Å². The first-order valence-electron chi connectivity index (χ1n) is 6.57. The van der Waals surface area contributed by atoms with Crippen molar-refractivity contribution in [2.24, 2.45) is 0 Å². The van der Waals surface area contributed by atoms with Gasteiger partial charge in [0.25, 0.3) is 0 Å². The fourth-order valence-electron chi connectivity index (χ4n) is 1.73. The smallest absolute Gasteiger partial charge is 0.408 e. The van der Waals surface area contributed by atoms with Crippen molar-refractivity contribution in [3.8, 4) is 0 Å². The number of hydrogen-bond acceptors (Lipinski definition) is 3. The number of nitrogens with one attached hydrogen (secondary N) is 1. The zero-order valence-electron chi connectivity index (χ0n) is 12.3. The van der Waals surface area contributed by atoms with E-state index in [4.69, 9.17) is 16.3 Å². The predicted molar refractivity (Wildman–Crippen MR) is 79.9 cm³/mol. The molecule has 1 rings (SSSR count). The number of aliphatic hydroxyl groups excluding tert-OH is 1. The van der Waals surface area contributed by atoms with Gasteiger partial charge in [0, 0.05) is 0 Å². The lowest BCUT2D eigenvalue weighted by Gasteiger charge is -2.28. The molecule has 1 aromatic carbocycles. The molecule has 4 nitrogen and oxygen atoms in total. The van der Waals surface area contributed by atoms with Crippen molar-refractivity contribution in [1.82, 2.24) is 5.32 Å². The van der Waals surface area contributed by atoms with Crippen LogP contribution in [-0.2, 0) is 4.74 Å². The first kappa shape index (κ1) is 16.8. The number of alkyl halides is 1. The number of hydrogen-bond donors (Lipinski definition) is 2. The first-order chi connectivity index (χ1) is 9.20. The molecule has 2 N–H and O–H groups in total. The molecule has 112 valence electrons. The summed E-state index contributed by atoms with van der Waals surface area (Å²) in [6, 6.07) is 8.67. The molecule has 0 bridgehead atoms. The SMILES string of the molecule is C[C@H](O)[C@@H](NC(=O)OC(C)(C)C)C(Cl)c1ccccc1. The van der Waals surface area contributed by atoms with Crippen LogP contribution in [0.2, 0.25) is 0 Å². The maximum atomic E-state index is 11.8. The number of benzene rings is 1. The van der Waals surface area contributed by atoms with Crippen molar-refractivity contribution in [3.05, 3.63) is 35.9 Å². The summed E-state index contributed by atoms with van der Waals surface area (Å²) in [4.78, 5) is 11.8. The van der Waals surface area contributed by atoms with Crippen molar-refractivity contribution in [2.75, 3.05) is 0 Å². The molecular weight excluding hydrogens is 278 g/mol. The minimum atomic E-state index is -0.801. The molecule has 20 heavy (non-hydrogen) atoms. The van der Waals surface area contributed by atoms with Gasteiger partial charge in [-0.25, -0.2) is 4.79 Å². The third-order valence-electron chi connectivity index (χ3n) is 2.64. The standard InChI is InChI=1S/C15H22ClNO3/c1-10(18)13(17-14(19)20-15(2,3)4)12(16)11-8-6-5-7-9-11/h5-10,12-13,18H,1-4H3,(H,17,19)/t10-,12?,13+/m0/s1. The fraction of sp³-hybridized carbons (Fsp3) is 0.533. The van der Waals surface area contributed by atoms with E-state index in [1.807, 2.05) is 30.3 Å². The number of ether oxygens (including phenoxy) is 1. The molecule has 0 aliphatic carbocycles. The normalized spacial score (nSPS) is 16.1. The summed E-state index contributed by atoms with van der Waals surface area (Å²) in [5.74, 6) is 0. The fourth-order valence-corrected chi connectivity index (χ4v) is 2.15. The van der Waals surface area contributed by atoms with Crippen molar-refractivity contribution < 1.29 is 14.6 Å². The van der Waals surface area contributed by atoms with Crippen molar-refractivity contribution in [1.29, 1.82) is 0 Å². The topological polar surface area (TPSA) is 58.6 Å². The Morgan fingerprint density at radius 3 is 2.30 bits per heavy atom. The minimum Gasteiger partial charge on any atom is -0.444 e. The number of aliphatic hydroxyl groups is 1. The quantitative estimate of drug-likeness (QED) is 0.839. The molecule has 1 amide bonds. The van der Waals surface area contributed by atoms with Crippen molar-refractivity contribution in [2.45, 2.75) is 50.8 Å². The Hall–Kier alpha value is -1.26. The molecule has 0 aromatic heterocycles. The number of carbonyl (C=O) groups excluding carboxylic acids is 1. The molecule has 1 unspecified atom stereocenters. The zero-order chi connectivity index (χ0) is 15.3. The van der Waals surface area contributed by atoms with E-state index in [-0.39, 0.29) is 0 Å². The highest BCUT2D eigenvalue weighted by Crippen LogP contribution is 2.26. The Bertz CT molecular complexity index is 428. The van der Waals surface area contributed by atoms with E-state index in [1.165, 1.54) is 0 Å². The number of amides is 1. The van der Waals surface area contributed by atoms with E-state index in [1.54, 1.807) is 27.7 Å². The molecule has 3 atom stereocenters. The molecule has 5 heteroatoms. The second-order valence-corrected chi connectivity index (χ2v) is 6.20. The number of carbonyl (C=O) groups is 1. The van der Waals surface area contributed by atoms with E-state index < -0.39 is 29.2 Å². The molecule has 0 spiro atoms. The van der Waals surface area contributed by atoms with Crippen LogP contribution in [0, 0.1) is 0 Å². The monoisotopic (exact) mass is 299 g/mol. The number of rotatable bonds is 4. The van der Waals surface area contributed by atoms with Gasteiger partial charge >= 0.3 is 6.09 Å². The average molecular weight is 300 g/mol. The summed E-state index contributed by atoms with van der Waals surface area (Å²) in [6.45, 7) is 6.92. The summed E-state index contributed by atoms with van der Waals surface area (Å²) in [7, 11) is 0. The lowest BCUT2D eigenvalue weighted by Crippen LogP contribution is -2.46. The molecule has 0 radical (unpaired) electrons. The molecule has 0 aliphatic rings. The lowest BCUT2D eigenvalue weighted by molar-refractivity contribution is 0.0434. The maximum Gasteiger partial charge on any atom is 0.408 e. The highest BCUT2D eigenvalue weighted by atomic mass is 35.5. The van der Waals surface area contributed by atoms with Gasteiger partial charge in [-0.15, -0.1) is 11.6 Å². The van der Waals surface area contributed by atoms with E-state index >= 15 is 0 Å². The Kier molecular flexibility index (Phi) is 5.84. The van der Waals surface area contributed by atoms with Crippen molar-refractivity contribution in [3.63, 3.8) is 0 Å². The van der Waals surface area contributed by atoms with Crippen LogP contribution in [-0.4, -0.2) is 28.9 Å². The van der Waals surface area contributed by atoms with Crippen LogP contribution >= 0.6 is 11.6 Å². The van der Waals surface area contributed by atoms with Gasteiger partial charge in [-0.1, -0.05) is 30.3 Å². The van der Waals surface area contributed by atoms with Gasteiger partial charge in [-0.05, 0) is 33.3 Å². The Labute approximate surface area is 125 Å². The van der Waals surface area contributed by atoms with E-state index in [2.05, 4.69) is 5.32 Å². The second kappa shape index (κ2) is 6.95. The number of halogens is 1. The molecule has 0 fully saturated rings. The van der Waals surface area contributed by atoms with Crippen LogP contribution in [0.4, 0.5) is 4.79 Å². The maximum absolute atomic E-state index is 11.8. The summed E-state index contributed by atoms with van der Waals surface area (Å²) < 4.78 is 5.18. The Balaban J connectivity index is 2.77. The summed E-state index contributed by atoms with van der Waals surface area (Å²) in [6.07, 6.45) is -1.39. The van der Waals surface area contributed by atoms with Gasteiger partial charge in [0.2, 0.25) is 0 Å². The summed E-state index contributed by atoms with van der Waals surface area (Å²) >= 11 is 6.35. The molecule has 0 saturated carbocycles. The van der Waals surface area contributed by atoms with Gasteiger partial charge in [-0.2, -0.15) is 0 Å². The van der Waals surface area contributed by atoms with Crippen LogP contribution in [0.1, 0.15) is 38.6 Å². The van der Waals surface area contributed by atoms with Crippen LogP contribution in [0.25, 0.3) is 0 Å².